The van der Waals surface area contributed by atoms with Crippen molar-refractivity contribution in [3.63, 3.8) is 0 Å². The van der Waals surface area contributed by atoms with Crippen LogP contribution in [-0.2, 0) is 22.4 Å². The van der Waals surface area contributed by atoms with E-state index in [4.69, 9.17) is 0 Å². The molecule has 2 heteroatoms. The van der Waals surface area contributed by atoms with Gasteiger partial charge >= 0.3 is 0 Å². The maximum absolute atomic E-state index is 12.4. The fourth-order valence-corrected chi connectivity index (χ4v) is 3.45. The van der Waals surface area contributed by atoms with Crippen LogP contribution < -0.4 is 0 Å². The van der Waals surface area contributed by atoms with Crippen molar-refractivity contribution >= 4 is 11.6 Å². The van der Waals surface area contributed by atoms with Crippen LogP contribution >= 0.6 is 0 Å². The molecule has 0 fully saturated rings. The summed E-state index contributed by atoms with van der Waals surface area (Å²) < 4.78 is 0. The number of hydrogen-bond donors (Lipinski definition) is 0. The number of hydrogen-bond acceptors (Lipinski definition) is 2. The molecule has 0 spiro atoms. The van der Waals surface area contributed by atoms with E-state index in [9.17, 15) is 9.59 Å². The zero-order valence-electron chi connectivity index (χ0n) is 13.9. The summed E-state index contributed by atoms with van der Waals surface area (Å²) in [4.78, 5) is 24.6. The first-order chi connectivity index (χ1) is 11.6. The van der Waals surface area contributed by atoms with E-state index in [0.717, 1.165) is 16.7 Å². The first-order valence-electron chi connectivity index (χ1n) is 8.45. The second-order valence-corrected chi connectivity index (χ2v) is 6.55. The van der Waals surface area contributed by atoms with Crippen molar-refractivity contribution in [1.82, 2.24) is 0 Å². The molecule has 2 unspecified atom stereocenters. The third kappa shape index (κ3) is 3.88. The minimum absolute atomic E-state index is 0.0221. The molecule has 2 atom stereocenters. The predicted molar refractivity (Wildman–Crippen MR) is 95.7 cm³/mol. The van der Waals surface area contributed by atoms with Crippen LogP contribution in [0.5, 0.6) is 0 Å². The Morgan fingerprint density at radius 3 is 2.17 bits per heavy atom. The van der Waals surface area contributed by atoms with Gasteiger partial charge in [-0.1, -0.05) is 66.7 Å². The van der Waals surface area contributed by atoms with Gasteiger partial charge in [0.1, 0.15) is 5.78 Å². The summed E-state index contributed by atoms with van der Waals surface area (Å²) >= 11 is 0. The summed E-state index contributed by atoms with van der Waals surface area (Å²) in [5.41, 5.74) is 3.14. The van der Waals surface area contributed by atoms with Crippen molar-refractivity contribution in [2.24, 2.45) is 11.8 Å². The summed E-state index contributed by atoms with van der Waals surface area (Å²) in [6.07, 6.45) is 3.86. The zero-order valence-corrected chi connectivity index (χ0v) is 13.9. The molecule has 0 N–H and O–H groups in total. The number of rotatable bonds is 6. The molecule has 0 saturated heterocycles. The van der Waals surface area contributed by atoms with E-state index in [1.54, 1.807) is 6.92 Å². The van der Waals surface area contributed by atoms with Crippen LogP contribution in [0.1, 0.15) is 24.5 Å². The Hall–Kier alpha value is -2.48. The van der Waals surface area contributed by atoms with Crippen LogP contribution in [0, 0.1) is 11.8 Å². The second kappa shape index (κ2) is 7.39. The van der Waals surface area contributed by atoms with Gasteiger partial charge in [-0.3, -0.25) is 9.59 Å². The lowest BCUT2D eigenvalue weighted by Gasteiger charge is -2.19. The highest BCUT2D eigenvalue weighted by Gasteiger charge is 2.32. The molecule has 0 bridgehead atoms. The van der Waals surface area contributed by atoms with Gasteiger partial charge in [-0.25, -0.2) is 0 Å². The average molecular weight is 318 g/mol. The standard InChI is InChI=1S/C22H22O2/c1-16(23)21(13-18-10-6-3-7-11-18)19-14-20(22(24)15-19)12-17-8-4-2-5-9-17/h2-11,14,19,21H,12-13,15H2,1H3. The highest BCUT2D eigenvalue weighted by molar-refractivity contribution is 5.99. The van der Waals surface area contributed by atoms with Gasteiger partial charge in [0.15, 0.2) is 5.78 Å². The van der Waals surface area contributed by atoms with Crippen LogP contribution in [0.2, 0.25) is 0 Å². The van der Waals surface area contributed by atoms with Crippen LogP contribution in [0.15, 0.2) is 72.3 Å². The molecule has 24 heavy (non-hydrogen) atoms. The van der Waals surface area contributed by atoms with Gasteiger partial charge in [0.05, 0.1) is 0 Å². The Balaban J connectivity index is 1.77. The molecular formula is C22H22O2. The van der Waals surface area contributed by atoms with Gasteiger partial charge in [-0.2, -0.15) is 0 Å². The van der Waals surface area contributed by atoms with E-state index in [1.165, 1.54) is 0 Å². The summed E-state index contributed by atoms with van der Waals surface area (Å²) in [6, 6.07) is 20.1. The minimum Gasteiger partial charge on any atom is -0.300 e. The summed E-state index contributed by atoms with van der Waals surface area (Å²) in [5.74, 6) is 0.246. The number of carbonyl (C=O) groups is 2. The summed E-state index contributed by atoms with van der Waals surface area (Å²) in [7, 11) is 0. The number of allylic oxidation sites excluding steroid dienone is 2. The largest absolute Gasteiger partial charge is 0.300 e. The lowest BCUT2D eigenvalue weighted by Crippen LogP contribution is -2.22. The second-order valence-electron chi connectivity index (χ2n) is 6.55. The molecule has 0 radical (unpaired) electrons. The van der Waals surface area contributed by atoms with Crippen LogP contribution in [0.4, 0.5) is 0 Å². The highest BCUT2D eigenvalue weighted by atomic mass is 16.1. The zero-order chi connectivity index (χ0) is 16.9. The molecule has 122 valence electrons. The van der Waals surface area contributed by atoms with E-state index in [0.29, 0.717) is 19.3 Å². The Kier molecular flexibility index (Phi) is 5.05. The lowest BCUT2D eigenvalue weighted by molar-refractivity contribution is -0.122. The highest BCUT2D eigenvalue weighted by Crippen LogP contribution is 2.32. The normalized spacial score (nSPS) is 18.3. The first kappa shape index (κ1) is 16.4. The van der Waals surface area contributed by atoms with E-state index >= 15 is 0 Å². The molecule has 0 amide bonds. The molecule has 2 nitrogen and oxygen atoms in total. The maximum atomic E-state index is 12.4. The molecule has 2 aromatic rings. The molecular weight excluding hydrogens is 296 g/mol. The van der Waals surface area contributed by atoms with Crippen molar-refractivity contribution in [2.45, 2.75) is 26.2 Å². The van der Waals surface area contributed by atoms with E-state index in [2.05, 4.69) is 0 Å². The quantitative estimate of drug-likeness (QED) is 0.800. The predicted octanol–water partition coefficient (Wildman–Crippen LogP) is 4.19. The van der Waals surface area contributed by atoms with Gasteiger partial charge < -0.3 is 0 Å². The van der Waals surface area contributed by atoms with Gasteiger partial charge in [0.25, 0.3) is 0 Å². The number of Topliss-reactive ketones (excluding diaryl/α,β-unsaturated/α-hetero) is 2. The monoisotopic (exact) mass is 318 g/mol. The van der Waals surface area contributed by atoms with Gasteiger partial charge in [0.2, 0.25) is 0 Å². The third-order valence-electron chi connectivity index (χ3n) is 4.77. The van der Waals surface area contributed by atoms with Gasteiger partial charge in [-0.05, 0) is 36.0 Å². The Bertz CT molecular complexity index is 744. The SMILES string of the molecule is CC(=O)C(Cc1ccccc1)C1C=C(Cc2ccccc2)C(=O)C1. The van der Waals surface area contributed by atoms with Crippen molar-refractivity contribution in [3.05, 3.63) is 83.4 Å². The fraction of sp³-hybridized carbons (Fsp3) is 0.273. The Labute approximate surface area is 143 Å². The van der Waals surface area contributed by atoms with Crippen LogP contribution in [0.3, 0.4) is 0 Å². The molecule has 3 rings (SSSR count). The van der Waals surface area contributed by atoms with E-state index in [-0.39, 0.29) is 23.4 Å². The fourth-order valence-electron chi connectivity index (χ4n) is 3.45. The van der Waals surface area contributed by atoms with E-state index < -0.39 is 0 Å². The smallest absolute Gasteiger partial charge is 0.159 e. The minimum atomic E-state index is -0.121. The van der Waals surface area contributed by atoms with Crippen molar-refractivity contribution in [1.29, 1.82) is 0 Å². The third-order valence-corrected chi connectivity index (χ3v) is 4.77. The number of carbonyl (C=O) groups excluding carboxylic acids is 2. The van der Waals surface area contributed by atoms with Crippen molar-refractivity contribution in [3.8, 4) is 0 Å². The van der Waals surface area contributed by atoms with Crippen LogP contribution in [0.25, 0.3) is 0 Å². The summed E-state index contributed by atoms with van der Waals surface area (Å²) in [5, 5.41) is 0. The topological polar surface area (TPSA) is 34.1 Å². The number of benzene rings is 2. The molecule has 0 aliphatic heterocycles. The molecule has 2 aromatic carbocycles. The molecule has 1 aliphatic rings. The molecule has 0 heterocycles. The lowest BCUT2D eigenvalue weighted by atomic mass is 9.83. The van der Waals surface area contributed by atoms with Crippen LogP contribution in [-0.4, -0.2) is 11.6 Å². The maximum Gasteiger partial charge on any atom is 0.159 e. The number of ketones is 2. The average Bonchev–Trinajstić information content (AvgIpc) is 2.94. The van der Waals surface area contributed by atoms with Crippen molar-refractivity contribution < 1.29 is 9.59 Å². The Morgan fingerprint density at radius 2 is 1.58 bits per heavy atom. The van der Waals surface area contributed by atoms with Crippen molar-refractivity contribution in [2.75, 3.05) is 0 Å². The Morgan fingerprint density at radius 1 is 1.00 bits per heavy atom. The summed E-state index contributed by atoms with van der Waals surface area (Å²) in [6.45, 7) is 1.64. The first-order valence-corrected chi connectivity index (χ1v) is 8.45. The van der Waals surface area contributed by atoms with E-state index in [1.807, 2.05) is 66.7 Å². The molecule has 1 aliphatic carbocycles. The molecule has 0 aromatic heterocycles. The van der Waals surface area contributed by atoms with Gasteiger partial charge in [0, 0.05) is 18.8 Å². The molecule has 0 saturated carbocycles. The van der Waals surface area contributed by atoms with Gasteiger partial charge in [-0.15, -0.1) is 0 Å².